The molecule has 1 aromatic rings. The number of amides is 1. The molecule has 0 heterocycles. The molecule has 1 aromatic carbocycles. The fourth-order valence-corrected chi connectivity index (χ4v) is 2.60. The summed E-state index contributed by atoms with van der Waals surface area (Å²) in [5.41, 5.74) is 1.78. The molecule has 0 bridgehead atoms. The topological polar surface area (TPSA) is 60.0 Å². The fraction of sp³-hybridized carbons (Fsp3) is 0.600. The molecule has 0 aliphatic heterocycles. The molecule has 0 aliphatic rings. The highest BCUT2D eigenvalue weighted by Gasteiger charge is 2.07. The predicted molar refractivity (Wildman–Crippen MR) is 125 cm³/mol. The maximum atomic E-state index is 11.9. The molecule has 7 heteroatoms. The molecule has 0 aromatic heterocycles. The number of benzene rings is 1. The van der Waals surface area contributed by atoms with E-state index in [9.17, 15) is 4.79 Å². The van der Waals surface area contributed by atoms with E-state index in [1.165, 1.54) is 6.42 Å². The van der Waals surface area contributed by atoms with Gasteiger partial charge in [0.05, 0.1) is 6.54 Å². The third-order valence-corrected chi connectivity index (χ3v) is 4.08. The van der Waals surface area contributed by atoms with E-state index in [4.69, 9.17) is 0 Å². The maximum absolute atomic E-state index is 11.9. The highest BCUT2D eigenvalue weighted by Crippen LogP contribution is 2.07. The molecule has 0 atom stereocenters. The van der Waals surface area contributed by atoms with Gasteiger partial charge < -0.3 is 20.4 Å². The Morgan fingerprint density at radius 3 is 2.22 bits per heavy atom. The van der Waals surface area contributed by atoms with Crippen molar-refractivity contribution in [3.8, 4) is 0 Å². The van der Waals surface area contributed by atoms with E-state index in [1.807, 2.05) is 24.3 Å². The Labute approximate surface area is 181 Å². The van der Waals surface area contributed by atoms with E-state index in [1.54, 1.807) is 19.0 Å². The number of halogens is 1. The van der Waals surface area contributed by atoms with Gasteiger partial charge >= 0.3 is 0 Å². The van der Waals surface area contributed by atoms with Crippen LogP contribution in [-0.2, 0) is 6.54 Å². The van der Waals surface area contributed by atoms with Crippen molar-refractivity contribution >= 4 is 35.8 Å². The van der Waals surface area contributed by atoms with E-state index in [2.05, 4.69) is 41.3 Å². The first-order valence-corrected chi connectivity index (χ1v) is 9.56. The van der Waals surface area contributed by atoms with Crippen molar-refractivity contribution in [1.82, 2.24) is 20.4 Å². The zero-order chi connectivity index (χ0) is 19.4. The Kier molecular flexibility index (Phi) is 13.9. The van der Waals surface area contributed by atoms with Crippen LogP contribution >= 0.6 is 24.0 Å². The van der Waals surface area contributed by atoms with Crippen LogP contribution in [0.4, 0.5) is 0 Å². The van der Waals surface area contributed by atoms with Gasteiger partial charge in [0.1, 0.15) is 0 Å². The van der Waals surface area contributed by atoms with Crippen LogP contribution in [0.2, 0.25) is 0 Å². The summed E-state index contributed by atoms with van der Waals surface area (Å²) in [5, 5.41) is 6.68. The molecular formula is C20H36IN5O. The highest BCUT2D eigenvalue weighted by atomic mass is 127. The van der Waals surface area contributed by atoms with Crippen LogP contribution in [0, 0.1) is 0 Å². The van der Waals surface area contributed by atoms with Gasteiger partial charge in [-0.05, 0) is 44.1 Å². The summed E-state index contributed by atoms with van der Waals surface area (Å²) in [4.78, 5) is 20.6. The summed E-state index contributed by atoms with van der Waals surface area (Å²) in [5.74, 6) is 0.844. The van der Waals surface area contributed by atoms with E-state index in [0.29, 0.717) is 12.1 Å². The van der Waals surface area contributed by atoms with Gasteiger partial charge in [-0.25, -0.2) is 4.99 Å². The van der Waals surface area contributed by atoms with E-state index in [-0.39, 0.29) is 29.9 Å². The Morgan fingerprint density at radius 1 is 1.04 bits per heavy atom. The molecule has 154 valence electrons. The summed E-state index contributed by atoms with van der Waals surface area (Å²) in [6, 6.07) is 7.64. The number of hydrogen-bond acceptors (Lipinski definition) is 3. The second kappa shape index (κ2) is 14.7. The highest BCUT2D eigenvalue weighted by molar-refractivity contribution is 14.0. The number of aliphatic imine (C=N–C) groups is 1. The summed E-state index contributed by atoms with van der Waals surface area (Å²) < 4.78 is 0. The molecule has 6 nitrogen and oxygen atoms in total. The van der Waals surface area contributed by atoms with Gasteiger partial charge in [-0.2, -0.15) is 0 Å². The molecule has 1 amide bonds. The van der Waals surface area contributed by atoms with Crippen LogP contribution in [0.15, 0.2) is 29.3 Å². The first-order chi connectivity index (χ1) is 12.5. The first kappa shape index (κ1) is 25.6. The van der Waals surface area contributed by atoms with Crippen LogP contribution < -0.4 is 10.6 Å². The van der Waals surface area contributed by atoms with Crippen molar-refractivity contribution in [2.24, 2.45) is 4.99 Å². The lowest BCUT2D eigenvalue weighted by Crippen LogP contribution is -2.41. The number of carbonyl (C=O) groups excluding carboxylic acids is 1. The van der Waals surface area contributed by atoms with Crippen LogP contribution in [0.25, 0.3) is 0 Å². The van der Waals surface area contributed by atoms with Crippen molar-refractivity contribution in [3.05, 3.63) is 35.4 Å². The average molecular weight is 489 g/mol. The second-order valence-electron chi connectivity index (χ2n) is 6.45. The second-order valence-corrected chi connectivity index (χ2v) is 6.45. The molecule has 0 unspecified atom stereocenters. The molecule has 1 rings (SSSR count). The van der Waals surface area contributed by atoms with Crippen LogP contribution in [0.3, 0.4) is 0 Å². The van der Waals surface area contributed by atoms with Gasteiger partial charge in [0, 0.05) is 39.3 Å². The van der Waals surface area contributed by atoms with Crippen molar-refractivity contribution in [3.63, 3.8) is 0 Å². The third kappa shape index (κ3) is 9.95. The molecule has 0 radical (unpaired) electrons. The van der Waals surface area contributed by atoms with Gasteiger partial charge in [-0.1, -0.05) is 26.0 Å². The first-order valence-electron chi connectivity index (χ1n) is 9.56. The smallest absolute Gasteiger partial charge is 0.253 e. The Hall–Kier alpha value is -1.35. The minimum absolute atomic E-state index is 0. The monoisotopic (exact) mass is 489 g/mol. The van der Waals surface area contributed by atoms with E-state index in [0.717, 1.165) is 44.2 Å². The van der Waals surface area contributed by atoms with Crippen molar-refractivity contribution < 1.29 is 4.79 Å². The van der Waals surface area contributed by atoms with Gasteiger partial charge in [-0.3, -0.25) is 4.79 Å². The summed E-state index contributed by atoms with van der Waals surface area (Å²) >= 11 is 0. The predicted octanol–water partition coefficient (Wildman–Crippen LogP) is 2.79. The van der Waals surface area contributed by atoms with Crippen LogP contribution in [0.5, 0.6) is 0 Å². The summed E-state index contributed by atoms with van der Waals surface area (Å²) in [6.07, 6.45) is 1.17. The molecule has 0 saturated carbocycles. The largest absolute Gasteiger partial charge is 0.357 e. The maximum Gasteiger partial charge on any atom is 0.253 e. The zero-order valence-corrected chi connectivity index (χ0v) is 19.7. The molecule has 27 heavy (non-hydrogen) atoms. The third-order valence-electron chi connectivity index (χ3n) is 4.08. The number of guanidine groups is 1. The minimum atomic E-state index is 0. The Balaban J connectivity index is 0.00000676. The fourth-order valence-electron chi connectivity index (χ4n) is 2.60. The normalized spacial score (nSPS) is 11.1. The molecular weight excluding hydrogens is 453 g/mol. The number of nitrogens with zero attached hydrogens (tertiary/aromatic N) is 3. The van der Waals surface area contributed by atoms with Crippen molar-refractivity contribution in [2.75, 3.05) is 46.8 Å². The lowest BCUT2D eigenvalue weighted by molar-refractivity contribution is 0.0827. The average Bonchev–Trinajstić information content (AvgIpc) is 2.65. The standard InChI is InChI=1S/C20H35N5O.HI/c1-6-14-25(8-3)15-13-22-20(21-7-2)23-16-17-9-11-18(12-10-17)19(26)24(4)5;/h9-12H,6-8,13-16H2,1-5H3,(H2,21,22,23);1H. The Morgan fingerprint density at radius 2 is 1.70 bits per heavy atom. The van der Waals surface area contributed by atoms with Gasteiger partial charge in [0.2, 0.25) is 0 Å². The van der Waals surface area contributed by atoms with E-state index >= 15 is 0 Å². The van der Waals surface area contributed by atoms with Crippen molar-refractivity contribution in [1.29, 1.82) is 0 Å². The molecule has 0 saturated heterocycles. The zero-order valence-electron chi connectivity index (χ0n) is 17.4. The quantitative estimate of drug-likeness (QED) is 0.302. The lowest BCUT2D eigenvalue weighted by Gasteiger charge is -2.20. The number of rotatable bonds is 10. The summed E-state index contributed by atoms with van der Waals surface area (Å²) in [6.45, 7) is 12.0. The minimum Gasteiger partial charge on any atom is -0.357 e. The SMILES string of the molecule is CCCN(CC)CCNC(=NCc1ccc(C(=O)N(C)C)cc1)NCC.I. The Bertz CT molecular complexity index is 560. The van der Waals surface area contributed by atoms with E-state index < -0.39 is 0 Å². The van der Waals surface area contributed by atoms with Crippen molar-refractivity contribution in [2.45, 2.75) is 33.7 Å². The molecule has 0 aliphatic carbocycles. The van der Waals surface area contributed by atoms with Gasteiger partial charge in [0.25, 0.3) is 5.91 Å². The molecule has 0 spiro atoms. The summed E-state index contributed by atoms with van der Waals surface area (Å²) in [7, 11) is 3.52. The number of hydrogen-bond donors (Lipinski definition) is 2. The van der Waals surface area contributed by atoms with Crippen LogP contribution in [-0.4, -0.2) is 68.5 Å². The van der Waals surface area contributed by atoms with Crippen LogP contribution in [0.1, 0.15) is 43.1 Å². The molecule has 0 fully saturated rings. The number of carbonyl (C=O) groups is 1. The number of likely N-dealkylation sites (N-methyl/N-ethyl adjacent to an activating group) is 1. The number of nitrogens with one attached hydrogen (secondary N) is 2. The molecule has 2 N–H and O–H groups in total. The van der Waals surface area contributed by atoms with Gasteiger partial charge in [0.15, 0.2) is 5.96 Å². The van der Waals surface area contributed by atoms with Gasteiger partial charge in [-0.15, -0.1) is 24.0 Å². The lowest BCUT2D eigenvalue weighted by atomic mass is 10.1.